The van der Waals surface area contributed by atoms with Gasteiger partial charge in [0.1, 0.15) is 5.54 Å². The van der Waals surface area contributed by atoms with E-state index < -0.39 is 11.5 Å². The SMILES string of the molecule is CCCC(C)(NC(=O)C1CCCN(C(=O)c2cccc3ccccc23)C1)C(=O)OC. The van der Waals surface area contributed by atoms with Crippen molar-refractivity contribution in [2.75, 3.05) is 20.2 Å². The number of methoxy groups -OCH3 is 1. The smallest absolute Gasteiger partial charge is 0.331 e. The number of fused-ring (bicyclic) bond motifs is 1. The molecule has 1 N–H and O–H groups in total. The highest BCUT2D eigenvalue weighted by Crippen LogP contribution is 2.24. The number of hydrogen-bond donors (Lipinski definition) is 1. The summed E-state index contributed by atoms with van der Waals surface area (Å²) in [4.78, 5) is 40.2. The fraction of sp³-hybridized carbons (Fsp3) is 0.458. The molecule has 3 rings (SSSR count). The third kappa shape index (κ3) is 4.48. The molecule has 0 saturated carbocycles. The molecule has 1 aliphatic heterocycles. The van der Waals surface area contributed by atoms with Gasteiger partial charge in [-0.15, -0.1) is 0 Å². The van der Waals surface area contributed by atoms with Crippen molar-refractivity contribution in [2.45, 2.75) is 45.1 Å². The van der Waals surface area contributed by atoms with Gasteiger partial charge in [-0.2, -0.15) is 0 Å². The first-order chi connectivity index (χ1) is 14.4. The van der Waals surface area contributed by atoms with Gasteiger partial charge in [-0.1, -0.05) is 49.7 Å². The molecule has 2 amide bonds. The predicted octanol–water partition coefficient (Wildman–Crippen LogP) is 3.54. The number of ether oxygens (including phenoxy) is 1. The monoisotopic (exact) mass is 410 g/mol. The third-order valence-electron chi connectivity index (χ3n) is 5.88. The summed E-state index contributed by atoms with van der Waals surface area (Å²) in [5, 5.41) is 4.82. The number of likely N-dealkylation sites (tertiary alicyclic amines) is 1. The van der Waals surface area contributed by atoms with Crippen LogP contribution in [-0.4, -0.2) is 48.4 Å². The van der Waals surface area contributed by atoms with Crippen LogP contribution in [0.15, 0.2) is 42.5 Å². The van der Waals surface area contributed by atoms with Crippen molar-refractivity contribution in [1.82, 2.24) is 10.2 Å². The summed E-state index contributed by atoms with van der Waals surface area (Å²) in [7, 11) is 1.33. The quantitative estimate of drug-likeness (QED) is 0.739. The average Bonchev–Trinajstić information content (AvgIpc) is 2.77. The Morgan fingerprint density at radius 2 is 1.90 bits per heavy atom. The molecule has 0 aromatic heterocycles. The van der Waals surface area contributed by atoms with E-state index in [4.69, 9.17) is 4.74 Å². The van der Waals surface area contributed by atoms with Crippen molar-refractivity contribution in [3.63, 3.8) is 0 Å². The van der Waals surface area contributed by atoms with Crippen LogP contribution in [0.2, 0.25) is 0 Å². The normalized spacial score (nSPS) is 18.5. The molecule has 6 nitrogen and oxygen atoms in total. The van der Waals surface area contributed by atoms with Crippen LogP contribution < -0.4 is 5.32 Å². The highest BCUT2D eigenvalue weighted by Gasteiger charge is 2.38. The van der Waals surface area contributed by atoms with Gasteiger partial charge in [-0.05, 0) is 43.0 Å². The molecule has 30 heavy (non-hydrogen) atoms. The van der Waals surface area contributed by atoms with Gasteiger partial charge in [-0.25, -0.2) is 4.79 Å². The predicted molar refractivity (Wildman–Crippen MR) is 116 cm³/mol. The maximum atomic E-state index is 13.2. The molecular weight excluding hydrogens is 380 g/mol. The van der Waals surface area contributed by atoms with Crippen molar-refractivity contribution < 1.29 is 19.1 Å². The van der Waals surface area contributed by atoms with Crippen LogP contribution in [0.3, 0.4) is 0 Å². The number of amides is 2. The fourth-order valence-corrected chi connectivity index (χ4v) is 4.27. The molecule has 0 aliphatic carbocycles. The molecule has 2 atom stereocenters. The standard InChI is InChI=1S/C24H30N2O4/c1-4-14-24(2,23(29)30-3)25-21(27)18-11-8-15-26(16-18)22(28)20-13-7-10-17-9-5-6-12-19(17)20/h5-7,9-10,12-13,18H,4,8,11,14-16H2,1-3H3,(H,25,27). The van der Waals surface area contributed by atoms with Gasteiger partial charge in [0.25, 0.3) is 5.91 Å². The number of benzene rings is 2. The van der Waals surface area contributed by atoms with E-state index in [1.807, 2.05) is 49.4 Å². The number of carbonyl (C=O) groups excluding carboxylic acids is 3. The number of rotatable bonds is 6. The van der Waals surface area contributed by atoms with Crippen LogP contribution in [0, 0.1) is 5.92 Å². The second-order valence-electron chi connectivity index (χ2n) is 8.18. The van der Waals surface area contributed by atoms with Gasteiger partial charge in [0.15, 0.2) is 0 Å². The molecule has 6 heteroatoms. The summed E-state index contributed by atoms with van der Waals surface area (Å²) in [6.45, 7) is 4.62. The minimum absolute atomic E-state index is 0.0615. The molecule has 1 fully saturated rings. The Morgan fingerprint density at radius 3 is 2.63 bits per heavy atom. The average molecular weight is 411 g/mol. The summed E-state index contributed by atoms with van der Waals surface area (Å²) < 4.78 is 4.90. The van der Waals surface area contributed by atoms with Crippen LogP contribution in [-0.2, 0) is 14.3 Å². The number of hydrogen-bond acceptors (Lipinski definition) is 4. The lowest BCUT2D eigenvalue weighted by Gasteiger charge is -2.35. The Labute approximate surface area is 177 Å². The maximum Gasteiger partial charge on any atom is 0.331 e. The molecule has 2 aromatic carbocycles. The lowest BCUT2D eigenvalue weighted by Crippen LogP contribution is -2.56. The van der Waals surface area contributed by atoms with E-state index >= 15 is 0 Å². The molecule has 0 bridgehead atoms. The van der Waals surface area contributed by atoms with Crippen LogP contribution in [0.25, 0.3) is 10.8 Å². The van der Waals surface area contributed by atoms with E-state index in [2.05, 4.69) is 5.32 Å². The molecule has 1 aliphatic rings. The topological polar surface area (TPSA) is 75.7 Å². The summed E-state index contributed by atoms with van der Waals surface area (Å²) >= 11 is 0. The number of nitrogens with one attached hydrogen (secondary N) is 1. The highest BCUT2D eigenvalue weighted by atomic mass is 16.5. The minimum atomic E-state index is -1.05. The molecule has 160 valence electrons. The Morgan fingerprint density at radius 1 is 1.17 bits per heavy atom. The van der Waals surface area contributed by atoms with E-state index in [0.717, 1.165) is 23.6 Å². The Kier molecular flexibility index (Phi) is 6.75. The number of carbonyl (C=O) groups is 3. The van der Waals surface area contributed by atoms with Gasteiger partial charge >= 0.3 is 5.97 Å². The van der Waals surface area contributed by atoms with Gasteiger partial charge in [0.05, 0.1) is 13.0 Å². The first kappa shape index (κ1) is 21.8. The first-order valence-electron chi connectivity index (χ1n) is 10.6. The third-order valence-corrected chi connectivity index (χ3v) is 5.88. The summed E-state index contributed by atoms with van der Waals surface area (Å²) in [6.07, 6.45) is 2.67. The van der Waals surface area contributed by atoms with E-state index in [0.29, 0.717) is 31.5 Å². The van der Waals surface area contributed by atoms with Crippen molar-refractivity contribution in [3.05, 3.63) is 48.0 Å². The van der Waals surface area contributed by atoms with Gasteiger partial charge < -0.3 is 15.0 Å². The minimum Gasteiger partial charge on any atom is -0.467 e. The van der Waals surface area contributed by atoms with Crippen molar-refractivity contribution >= 4 is 28.6 Å². The summed E-state index contributed by atoms with van der Waals surface area (Å²) in [5.74, 6) is -1.06. The van der Waals surface area contributed by atoms with Gasteiger partial charge in [-0.3, -0.25) is 9.59 Å². The Balaban J connectivity index is 1.75. The van der Waals surface area contributed by atoms with Crippen molar-refractivity contribution in [3.8, 4) is 0 Å². The zero-order valence-electron chi connectivity index (χ0n) is 17.9. The zero-order valence-corrected chi connectivity index (χ0v) is 17.9. The van der Waals surface area contributed by atoms with Gasteiger partial charge in [0, 0.05) is 18.7 Å². The van der Waals surface area contributed by atoms with Crippen LogP contribution >= 0.6 is 0 Å². The number of esters is 1. The van der Waals surface area contributed by atoms with Crippen LogP contribution in [0.5, 0.6) is 0 Å². The molecule has 0 spiro atoms. The second kappa shape index (κ2) is 9.28. The number of nitrogens with zero attached hydrogens (tertiary/aromatic N) is 1. The molecule has 0 radical (unpaired) electrons. The lowest BCUT2D eigenvalue weighted by molar-refractivity contribution is -0.151. The maximum absolute atomic E-state index is 13.2. The van der Waals surface area contributed by atoms with Gasteiger partial charge in [0.2, 0.25) is 5.91 Å². The van der Waals surface area contributed by atoms with Crippen LogP contribution in [0.1, 0.15) is 49.9 Å². The zero-order chi connectivity index (χ0) is 21.7. The van der Waals surface area contributed by atoms with Crippen molar-refractivity contribution in [1.29, 1.82) is 0 Å². The molecule has 1 heterocycles. The Hall–Kier alpha value is -2.89. The first-order valence-corrected chi connectivity index (χ1v) is 10.6. The van der Waals surface area contributed by atoms with Crippen LogP contribution in [0.4, 0.5) is 0 Å². The summed E-state index contributed by atoms with van der Waals surface area (Å²) in [5.41, 5.74) is -0.401. The molecule has 1 saturated heterocycles. The summed E-state index contributed by atoms with van der Waals surface area (Å²) in [6, 6.07) is 13.5. The van der Waals surface area contributed by atoms with Crippen molar-refractivity contribution in [2.24, 2.45) is 5.92 Å². The highest BCUT2D eigenvalue weighted by molar-refractivity contribution is 6.07. The lowest BCUT2D eigenvalue weighted by atomic mass is 9.91. The molecule has 2 unspecified atom stereocenters. The van der Waals surface area contributed by atoms with E-state index in [9.17, 15) is 14.4 Å². The number of piperidine rings is 1. The Bertz CT molecular complexity index is 936. The second-order valence-corrected chi connectivity index (χ2v) is 8.18. The molecule has 2 aromatic rings. The van der Waals surface area contributed by atoms with E-state index in [-0.39, 0.29) is 17.7 Å². The van der Waals surface area contributed by atoms with E-state index in [1.165, 1.54) is 7.11 Å². The largest absolute Gasteiger partial charge is 0.467 e. The van der Waals surface area contributed by atoms with E-state index in [1.54, 1.807) is 11.8 Å². The fourth-order valence-electron chi connectivity index (χ4n) is 4.27. The molecular formula is C24H30N2O4.